The molecule has 76 valence electrons. The minimum atomic E-state index is 0.0920. The molecule has 3 nitrogen and oxygen atoms in total. The predicted molar refractivity (Wildman–Crippen MR) is 55.3 cm³/mol. The van der Waals surface area contributed by atoms with E-state index in [1.54, 1.807) is 10.9 Å². The third-order valence-electron chi connectivity index (χ3n) is 2.69. The zero-order valence-electron chi connectivity index (χ0n) is 8.73. The van der Waals surface area contributed by atoms with Crippen molar-refractivity contribution in [2.24, 2.45) is 5.92 Å². The summed E-state index contributed by atoms with van der Waals surface area (Å²) < 4.78 is 1.62. The van der Waals surface area contributed by atoms with Crippen LogP contribution in [0.15, 0.2) is 17.1 Å². The van der Waals surface area contributed by atoms with E-state index in [0.717, 1.165) is 12.1 Å². The second kappa shape index (κ2) is 3.56. The lowest BCUT2D eigenvalue weighted by molar-refractivity contribution is 0.525. The van der Waals surface area contributed by atoms with E-state index in [2.05, 4.69) is 5.10 Å². The van der Waals surface area contributed by atoms with Gasteiger partial charge in [0.1, 0.15) is 0 Å². The molecule has 1 heterocycles. The van der Waals surface area contributed by atoms with Crippen LogP contribution in [0.1, 0.15) is 38.2 Å². The van der Waals surface area contributed by atoms with Gasteiger partial charge in [-0.25, -0.2) is 4.68 Å². The summed E-state index contributed by atoms with van der Waals surface area (Å²) in [5, 5.41) is 4.11. The number of nitrogens with zero attached hydrogens (tertiary/aromatic N) is 2. The van der Waals surface area contributed by atoms with Crippen LogP contribution in [-0.4, -0.2) is 9.78 Å². The molecule has 0 spiro atoms. The lowest BCUT2D eigenvalue weighted by Crippen LogP contribution is -2.27. The Morgan fingerprint density at radius 3 is 2.86 bits per heavy atom. The van der Waals surface area contributed by atoms with Crippen LogP contribution < -0.4 is 5.56 Å². The van der Waals surface area contributed by atoms with Crippen LogP contribution in [0.25, 0.3) is 0 Å². The zero-order valence-corrected chi connectivity index (χ0v) is 8.73. The van der Waals surface area contributed by atoms with E-state index in [4.69, 9.17) is 0 Å². The summed E-state index contributed by atoms with van der Waals surface area (Å²) in [6, 6.07) is 1.83. The molecule has 0 N–H and O–H groups in total. The first-order valence-electron chi connectivity index (χ1n) is 5.24. The quantitative estimate of drug-likeness (QED) is 0.731. The summed E-state index contributed by atoms with van der Waals surface area (Å²) in [6.07, 6.45) is 4.24. The molecule has 0 saturated heterocycles. The molecule has 0 atom stereocenters. The van der Waals surface area contributed by atoms with Gasteiger partial charge in [-0.3, -0.25) is 4.79 Å². The molecule has 3 heteroatoms. The molecule has 1 aromatic heterocycles. The number of rotatable bonds is 3. The first kappa shape index (κ1) is 9.44. The lowest BCUT2D eigenvalue weighted by Gasteiger charge is -2.07. The van der Waals surface area contributed by atoms with Crippen molar-refractivity contribution in [3.63, 3.8) is 0 Å². The third-order valence-corrected chi connectivity index (χ3v) is 2.69. The van der Waals surface area contributed by atoms with Crippen molar-refractivity contribution in [3.05, 3.63) is 28.2 Å². The van der Waals surface area contributed by atoms with Gasteiger partial charge in [0.25, 0.3) is 5.56 Å². The maximum absolute atomic E-state index is 11.9. The fourth-order valence-corrected chi connectivity index (χ4v) is 1.58. The molecule has 1 fully saturated rings. The lowest BCUT2D eigenvalue weighted by atomic mass is 10.1. The standard InChI is InChI=1S/C11H16N2O/c1-8(2)10-5-6-12-13(11(10)14)7-9-3-4-9/h5-6,8-9H,3-4,7H2,1-2H3. The van der Waals surface area contributed by atoms with Gasteiger partial charge in [0.05, 0.1) is 0 Å². The first-order valence-corrected chi connectivity index (χ1v) is 5.24. The highest BCUT2D eigenvalue weighted by Gasteiger charge is 2.23. The molecule has 0 aromatic carbocycles. The minimum absolute atomic E-state index is 0.0920. The Kier molecular flexibility index (Phi) is 2.40. The van der Waals surface area contributed by atoms with Crippen molar-refractivity contribution >= 4 is 0 Å². The van der Waals surface area contributed by atoms with E-state index >= 15 is 0 Å². The summed E-state index contributed by atoms with van der Waals surface area (Å²) >= 11 is 0. The van der Waals surface area contributed by atoms with Crippen LogP contribution in [0.5, 0.6) is 0 Å². The Morgan fingerprint density at radius 2 is 2.29 bits per heavy atom. The normalized spacial score (nSPS) is 16.2. The monoisotopic (exact) mass is 192 g/mol. The van der Waals surface area contributed by atoms with Crippen molar-refractivity contribution in [2.75, 3.05) is 0 Å². The van der Waals surface area contributed by atoms with Gasteiger partial charge in [0.2, 0.25) is 0 Å². The van der Waals surface area contributed by atoms with Crippen LogP contribution in [0.4, 0.5) is 0 Å². The van der Waals surface area contributed by atoms with Gasteiger partial charge in [0, 0.05) is 18.3 Å². The van der Waals surface area contributed by atoms with Gasteiger partial charge < -0.3 is 0 Å². The molecule has 1 aliphatic carbocycles. The Hall–Kier alpha value is -1.12. The molecule has 1 saturated carbocycles. The summed E-state index contributed by atoms with van der Waals surface area (Å²) in [7, 11) is 0. The molecule has 0 bridgehead atoms. The maximum atomic E-state index is 11.9. The Bertz CT molecular complexity index is 377. The highest BCUT2D eigenvalue weighted by molar-refractivity contribution is 5.11. The average molecular weight is 192 g/mol. The Morgan fingerprint density at radius 1 is 1.57 bits per heavy atom. The van der Waals surface area contributed by atoms with Crippen molar-refractivity contribution in [1.29, 1.82) is 0 Å². The highest BCUT2D eigenvalue weighted by Crippen LogP contribution is 2.29. The third kappa shape index (κ3) is 1.86. The zero-order chi connectivity index (χ0) is 10.1. The topological polar surface area (TPSA) is 34.9 Å². The second-order valence-corrected chi connectivity index (χ2v) is 4.37. The summed E-state index contributed by atoms with van der Waals surface area (Å²) in [4.78, 5) is 11.9. The van der Waals surface area contributed by atoms with Gasteiger partial charge in [0.15, 0.2) is 0 Å². The van der Waals surface area contributed by atoms with Gasteiger partial charge in [-0.15, -0.1) is 0 Å². The van der Waals surface area contributed by atoms with Gasteiger partial charge in [-0.05, 0) is 30.7 Å². The average Bonchev–Trinajstić information content (AvgIpc) is 2.92. The van der Waals surface area contributed by atoms with E-state index < -0.39 is 0 Å². The smallest absolute Gasteiger partial charge is 0.267 e. The van der Waals surface area contributed by atoms with Gasteiger partial charge in [-0.2, -0.15) is 5.10 Å². The molecule has 2 rings (SSSR count). The molecule has 0 radical (unpaired) electrons. The van der Waals surface area contributed by atoms with Crippen molar-refractivity contribution < 1.29 is 0 Å². The van der Waals surface area contributed by atoms with Gasteiger partial charge in [-0.1, -0.05) is 13.8 Å². The fourth-order valence-electron chi connectivity index (χ4n) is 1.58. The minimum Gasteiger partial charge on any atom is -0.267 e. The SMILES string of the molecule is CC(C)c1ccnn(CC2CC2)c1=O. The van der Waals surface area contributed by atoms with E-state index in [1.807, 2.05) is 19.9 Å². The van der Waals surface area contributed by atoms with Crippen LogP contribution in [-0.2, 0) is 6.54 Å². The molecule has 0 unspecified atom stereocenters. The van der Waals surface area contributed by atoms with Crippen molar-refractivity contribution in [1.82, 2.24) is 9.78 Å². The van der Waals surface area contributed by atoms with Crippen LogP contribution in [0, 0.1) is 5.92 Å². The van der Waals surface area contributed by atoms with Crippen LogP contribution in [0.3, 0.4) is 0 Å². The fraction of sp³-hybridized carbons (Fsp3) is 0.636. The number of hydrogen-bond donors (Lipinski definition) is 0. The maximum Gasteiger partial charge on any atom is 0.270 e. The van der Waals surface area contributed by atoms with E-state index in [0.29, 0.717) is 5.92 Å². The molecule has 1 aromatic rings. The highest BCUT2D eigenvalue weighted by atomic mass is 16.1. The largest absolute Gasteiger partial charge is 0.270 e. The first-order chi connectivity index (χ1) is 6.68. The predicted octanol–water partition coefficient (Wildman–Crippen LogP) is 1.78. The Labute approximate surface area is 83.8 Å². The van der Waals surface area contributed by atoms with Crippen LogP contribution in [0.2, 0.25) is 0 Å². The van der Waals surface area contributed by atoms with Crippen molar-refractivity contribution in [3.8, 4) is 0 Å². The Balaban J connectivity index is 2.30. The number of aromatic nitrogens is 2. The van der Waals surface area contributed by atoms with Crippen LogP contribution >= 0.6 is 0 Å². The second-order valence-electron chi connectivity index (χ2n) is 4.37. The van der Waals surface area contributed by atoms with E-state index in [-0.39, 0.29) is 11.5 Å². The molecule has 0 amide bonds. The van der Waals surface area contributed by atoms with E-state index in [1.165, 1.54) is 12.8 Å². The molecular formula is C11H16N2O. The molecular weight excluding hydrogens is 176 g/mol. The molecule has 1 aliphatic rings. The van der Waals surface area contributed by atoms with Crippen molar-refractivity contribution in [2.45, 2.75) is 39.2 Å². The molecule has 0 aliphatic heterocycles. The summed E-state index contributed by atoms with van der Waals surface area (Å²) in [6.45, 7) is 4.88. The summed E-state index contributed by atoms with van der Waals surface area (Å²) in [5.74, 6) is 0.985. The van der Waals surface area contributed by atoms with Gasteiger partial charge >= 0.3 is 0 Å². The van der Waals surface area contributed by atoms with E-state index in [9.17, 15) is 4.79 Å². The molecule has 14 heavy (non-hydrogen) atoms. The number of hydrogen-bond acceptors (Lipinski definition) is 2. The summed E-state index contributed by atoms with van der Waals surface area (Å²) in [5.41, 5.74) is 0.968.